The van der Waals surface area contributed by atoms with E-state index in [1.807, 2.05) is 18.3 Å². The maximum Gasteiger partial charge on any atom is 0.257 e. The number of benzene rings is 1. The van der Waals surface area contributed by atoms with Crippen LogP contribution in [0.4, 0.5) is 0 Å². The van der Waals surface area contributed by atoms with Crippen molar-refractivity contribution in [2.75, 3.05) is 33.3 Å². The average Bonchev–Trinajstić information content (AvgIpc) is 2.84. The molecule has 4 fully saturated rings. The van der Waals surface area contributed by atoms with Crippen molar-refractivity contribution in [2.45, 2.75) is 63.9 Å². The van der Waals surface area contributed by atoms with Gasteiger partial charge in [-0.2, -0.15) is 0 Å². The zero-order valence-electron chi connectivity index (χ0n) is 19.5. The van der Waals surface area contributed by atoms with Gasteiger partial charge in [0.2, 0.25) is 0 Å². The third-order valence-electron chi connectivity index (χ3n) is 7.54. The second kappa shape index (κ2) is 11.7. The fourth-order valence-corrected chi connectivity index (χ4v) is 5.33. The Balaban J connectivity index is 1.08. The molecule has 0 radical (unpaired) electrons. The highest BCUT2D eigenvalue weighted by atomic mass is 16.6. The smallest absolute Gasteiger partial charge is 0.257 e. The molecule has 0 spiro atoms. The summed E-state index contributed by atoms with van der Waals surface area (Å²) in [6.45, 7) is 3.05. The predicted molar refractivity (Wildman–Crippen MR) is 127 cm³/mol. The number of ether oxygens (including phenoxy) is 1. The molecule has 1 saturated heterocycles. The first kappa shape index (κ1) is 23.1. The van der Waals surface area contributed by atoms with Gasteiger partial charge in [0, 0.05) is 12.8 Å². The summed E-state index contributed by atoms with van der Waals surface area (Å²) in [5, 5.41) is 7.27. The van der Waals surface area contributed by atoms with E-state index < -0.39 is 0 Å². The van der Waals surface area contributed by atoms with E-state index in [0.717, 1.165) is 62.9 Å². The van der Waals surface area contributed by atoms with Crippen molar-refractivity contribution in [3.8, 4) is 5.75 Å². The van der Waals surface area contributed by atoms with E-state index in [4.69, 9.17) is 9.57 Å². The monoisotopic (exact) mass is 441 g/mol. The Hall–Kier alpha value is -2.08. The van der Waals surface area contributed by atoms with Crippen molar-refractivity contribution in [3.63, 3.8) is 0 Å². The van der Waals surface area contributed by atoms with Gasteiger partial charge < -0.3 is 19.8 Å². The quantitative estimate of drug-likeness (QED) is 0.440. The molecule has 0 aromatic heterocycles. The molecule has 6 nitrogen and oxygen atoms in total. The van der Waals surface area contributed by atoms with Crippen molar-refractivity contribution in [1.82, 2.24) is 10.2 Å². The summed E-state index contributed by atoms with van der Waals surface area (Å²) in [4.78, 5) is 20.2. The van der Waals surface area contributed by atoms with Gasteiger partial charge >= 0.3 is 0 Å². The fraction of sp³-hybridized carbons (Fsp3) is 0.692. The lowest BCUT2D eigenvalue weighted by Gasteiger charge is -2.40. The molecule has 2 bridgehead atoms. The molecule has 1 aliphatic heterocycles. The minimum atomic E-state index is -0.0459. The molecule has 4 aliphatic rings. The number of amides is 1. The van der Waals surface area contributed by atoms with Gasteiger partial charge in [-0.15, -0.1) is 0 Å². The number of nitrogens with one attached hydrogen (secondary N) is 1. The third-order valence-corrected chi connectivity index (χ3v) is 7.54. The Morgan fingerprint density at radius 1 is 1.12 bits per heavy atom. The van der Waals surface area contributed by atoms with Gasteiger partial charge in [-0.05, 0) is 113 Å². The van der Waals surface area contributed by atoms with Crippen LogP contribution >= 0.6 is 0 Å². The molecule has 1 N–H and O–H groups in total. The summed E-state index contributed by atoms with van der Waals surface area (Å²) in [5.74, 6) is 2.86. The molecular weight excluding hydrogens is 402 g/mol. The van der Waals surface area contributed by atoms with Crippen LogP contribution in [-0.4, -0.2) is 56.4 Å². The number of nitrogens with zero attached hydrogens (tertiary/aromatic N) is 2. The first-order chi connectivity index (χ1) is 15.7. The van der Waals surface area contributed by atoms with Gasteiger partial charge in [0.15, 0.2) is 6.61 Å². The minimum absolute atomic E-state index is 0.0459. The lowest BCUT2D eigenvalue weighted by molar-refractivity contribution is -0.123. The van der Waals surface area contributed by atoms with Crippen molar-refractivity contribution < 1.29 is 14.4 Å². The Morgan fingerprint density at radius 2 is 1.88 bits per heavy atom. The number of hydrogen-bond acceptors (Lipinski definition) is 5. The average molecular weight is 442 g/mol. The second-order valence-corrected chi connectivity index (χ2v) is 9.97. The lowest BCUT2D eigenvalue weighted by Crippen LogP contribution is -2.38. The molecule has 1 heterocycles. The summed E-state index contributed by atoms with van der Waals surface area (Å²) in [5.41, 5.74) is 1.23. The Bertz CT molecular complexity index is 735. The molecule has 1 unspecified atom stereocenters. The lowest BCUT2D eigenvalue weighted by atomic mass is 9.69. The number of aryl methyl sites for hydroxylation is 1. The number of carbonyl (C=O) groups excluding carboxylic acids is 1. The zero-order chi connectivity index (χ0) is 22.2. The highest BCUT2D eigenvalue weighted by Gasteiger charge is 2.37. The first-order valence-electron chi connectivity index (χ1n) is 12.5. The van der Waals surface area contributed by atoms with Gasteiger partial charge in [-0.3, -0.25) is 4.79 Å². The van der Waals surface area contributed by atoms with Gasteiger partial charge in [0.1, 0.15) is 11.9 Å². The maximum absolute atomic E-state index is 12.1. The highest BCUT2D eigenvalue weighted by Crippen LogP contribution is 2.42. The van der Waals surface area contributed by atoms with Crippen LogP contribution in [0.5, 0.6) is 5.75 Å². The van der Waals surface area contributed by atoms with Crippen molar-refractivity contribution in [2.24, 2.45) is 22.9 Å². The van der Waals surface area contributed by atoms with E-state index in [9.17, 15) is 4.79 Å². The zero-order valence-corrected chi connectivity index (χ0v) is 19.5. The molecule has 32 heavy (non-hydrogen) atoms. The molecule has 1 atom stereocenters. The molecule has 5 rings (SSSR count). The number of carbonyl (C=O) groups is 1. The standard InChI is InChI=1S/C26H39N3O3/c1-29-15-12-22(13-16-29)18-27-26(30)19-31-24-10-6-20(7-11-24)3-2-14-28-32-25-17-21-4-8-23(25)9-5-21/h6-7,10-11,14,21-23,25H,2-5,8-9,12-13,15-19H2,1H3,(H,27,30). The van der Waals surface area contributed by atoms with Crippen LogP contribution in [-0.2, 0) is 16.1 Å². The number of fused-ring (bicyclic) bond motifs is 3. The minimum Gasteiger partial charge on any atom is -0.484 e. The van der Waals surface area contributed by atoms with Crippen molar-refractivity contribution in [3.05, 3.63) is 29.8 Å². The van der Waals surface area contributed by atoms with Crippen molar-refractivity contribution in [1.29, 1.82) is 0 Å². The number of rotatable bonds is 10. The number of likely N-dealkylation sites (tertiary alicyclic amines) is 1. The van der Waals surface area contributed by atoms with Crippen LogP contribution in [0.1, 0.15) is 56.9 Å². The molecule has 3 saturated carbocycles. The van der Waals surface area contributed by atoms with Gasteiger partial charge in [-0.1, -0.05) is 17.3 Å². The number of oxime groups is 1. The van der Waals surface area contributed by atoms with E-state index in [-0.39, 0.29) is 12.5 Å². The SMILES string of the molecule is CN1CCC(CNC(=O)COc2ccc(CCC=NOC3CC4CCC3CC4)cc2)CC1. The van der Waals surface area contributed by atoms with Crippen LogP contribution in [0.15, 0.2) is 29.4 Å². The predicted octanol–water partition coefficient (Wildman–Crippen LogP) is 4.04. The molecule has 1 aromatic carbocycles. The van der Waals surface area contributed by atoms with Crippen molar-refractivity contribution >= 4 is 12.1 Å². The molecule has 176 valence electrons. The molecule has 1 aromatic rings. The summed E-state index contributed by atoms with van der Waals surface area (Å²) in [6, 6.07) is 7.99. The van der Waals surface area contributed by atoms with Crippen LogP contribution < -0.4 is 10.1 Å². The Labute approximate surface area is 192 Å². The van der Waals surface area contributed by atoms with E-state index in [1.54, 1.807) is 0 Å². The van der Waals surface area contributed by atoms with Crippen LogP contribution in [0, 0.1) is 17.8 Å². The normalized spacial score (nSPS) is 26.3. The highest BCUT2D eigenvalue weighted by molar-refractivity contribution is 5.77. The Kier molecular flexibility index (Phi) is 8.43. The number of piperidine rings is 1. The van der Waals surface area contributed by atoms with Crippen LogP contribution in [0.2, 0.25) is 0 Å². The van der Waals surface area contributed by atoms with Gasteiger partial charge in [-0.25, -0.2) is 0 Å². The van der Waals surface area contributed by atoms with Crippen LogP contribution in [0.25, 0.3) is 0 Å². The summed E-state index contributed by atoms with van der Waals surface area (Å²) in [7, 11) is 2.15. The van der Waals surface area contributed by atoms with E-state index in [0.29, 0.717) is 12.0 Å². The third kappa shape index (κ3) is 6.96. The Morgan fingerprint density at radius 3 is 2.56 bits per heavy atom. The topological polar surface area (TPSA) is 63.2 Å². The van der Waals surface area contributed by atoms with Gasteiger partial charge in [0.25, 0.3) is 5.91 Å². The van der Waals surface area contributed by atoms with E-state index >= 15 is 0 Å². The van der Waals surface area contributed by atoms with Gasteiger partial charge in [0.05, 0.1) is 0 Å². The van der Waals surface area contributed by atoms with E-state index in [1.165, 1.54) is 37.7 Å². The molecular formula is C26H39N3O3. The first-order valence-corrected chi connectivity index (χ1v) is 12.5. The maximum atomic E-state index is 12.1. The largest absolute Gasteiger partial charge is 0.484 e. The molecule has 3 aliphatic carbocycles. The number of hydrogen-bond donors (Lipinski definition) is 1. The summed E-state index contributed by atoms with van der Waals surface area (Å²) in [6.07, 6.45) is 12.9. The summed E-state index contributed by atoms with van der Waals surface area (Å²) < 4.78 is 5.65. The molecule has 6 heteroatoms. The summed E-state index contributed by atoms with van der Waals surface area (Å²) >= 11 is 0. The van der Waals surface area contributed by atoms with Crippen LogP contribution in [0.3, 0.4) is 0 Å². The second-order valence-electron chi connectivity index (χ2n) is 9.97. The fourth-order valence-electron chi connectivity index (χ4n) is 5.33. The van der Waals surface area contributed by atoms with E-state index in [2.05, 4.69) is 34.6 Å². The molecule has 1 amide bonds.